The Kier molecular flexibility index (Phi) is 4.75. The first-order valence-corrected chi connectivity index (χ1v) is 8.08. The van der Waals surface area contributed by atoms with Gasteiger partial charge in [-0.15, -0.1) is 0 Å². The maximum atomic E-state index is 11.8. The molecular weight excluding hydrogens is 336 g/mol. The Morgan fingerprint density at radius 1 is 1.35 bits per heavy atom. The van der Waals surface area contributed by atoms with E-state index in [0.29, 0.717) is 13.0 Å². The van der Waals surface area contributed by atoms with Gasteiger partial charge in [-0.25, -0.2) is 4.79 Å². The molecule has 26 heavy (non-hydrogen) atoms. The van der Waals surface area contributed by atoms with Gasteiger partial charge in [0.2, 0.25) is 0 Å². The summed E-state index contributed by atoms with van der Waals surface area (Å²) in [5.41, 5.74) is 6.36. The number of nitrogens with zero attached hydrogens (tertiary/aromatic N) is 4. The smallest absolute Gasteiger partial charge is 0.407 e. The lowest BCUT2D eigenvalue weighted by Crippen LogP contribution is -2.43. The number of rotatable bonds is 4. The standard InChI is InChI=1S/C17H18N6O3/c18-8-11-6-7-22(17(25)26)10-14(11)23-9-13(15(19)24)16(21-23)20-12-4-2-1-3-5-12/h1-5,9,11,14H,6-7,10H2,(H2,19,24)(H,20,21)(H,25,26)/t11-,14+/m0/s1. The molecule has 1 aromatic carbocycles. The Hall–Kier alpha value is -3.54. The van der Waals surface area contributed by atoms with Crippen LogP contribution in [0.5, 0.6) is 0 Å². The maximum absolute atomic E-state index is 11.8. The molecule has 134 valence electrons. The van der Waals surface area contributed by atoms with Gasteiger partial charge in [0.25, 0.3) is 5.91 Å². The van der Waals surface area contributed by atoms with E-state index in [1.165, 1.54) is 15.8 Å². The Labute approximate surface area is 149 Å². The van der Waals surface area contributed by atoms with Crippen molar-refractivity contribution in [3.63, 3.8) is 0 Å². The van der Waals surface area contributed by atoms with Crippen LogP contribution in [0.3, 0.4) is 0 Å². The van der Waals surface area contributed by atoms with Crippen LogP contribution in [-0.4, -0.2) is 44.9 Å². The minimum atomic E-state index is -1.05. The third-order valence-corrected chi connectivity index (χ3v) is 4.39. The number of primary amides is 1. The molecule has 2 atom stereocenters. The molecule has 1 fully saturated rings. The molecular formula is C17H18N6O3. The first-order chi connectivity index (χ1) is 12.5. The second kappa shape index (κ2) is 7.14. The number of amides is 2. The second-order valence-electron chi connectivity index (χ2n) is 6.05. The third kappa shape index (κ3) is 3.44. The Morgan fingerprint density at radius 2 is 2.08 bits per heavy atom. The van der Waals surface area contributed by atoms with Crippen LogP contribution in [0.4, 0.5) is 16.3 Å². The molecule has 0 saturated carbocycles. The van der Waals surface area contributed by atoms with E-state index >= 15 is 0 Å². The van der Waals surface area contributed by atoms with Gasteiger partial charge in [-0.3, -0.25) is 9.48 Å². The zero-order chi connectivity index (χ0) is 18.7. The molecule has 2 heterocycles. The molecule has 2 aromatic rings. The van der Waals surface area contributed by atoms with Crippen molar-refractivity contribution in [2.24, 2.45) is 11.7 Å². The monoisotopic (exact) mass is 354 g/mol. The van der Waals surface area contributed by atoms with Gasteiger partial charge < -0.3 is 21.1 Å². The molecule has 3 rings (SSSR count). The summed E-state index contributed by atoms with van der Waals surface area (Å²) in [5, 5.41) is 26.0. The van der Waals surface area contributed by atoms with Gasteiger partial charge in [-0.05, 0) is 18.6 Å². The number of likely N-dealkylation sites (tertiary alicyclic amines) is 1. The maximum Gasteiger partial charge on any atom is 0.407 e. The lowest BCUT2D eigenvalue weighted by Gasteiger charge is -2.34. The number of para-hydroxylation sites is 1. The number of anilines is 2. The summed E-state index contributed by atoms with van der Waals surface area (Å²) >= 11 is 0. The van der Waals surface area contributed by atoms with Crippen molar-refractivity contribution in [1.82, 2.24) is 14.7 Å². The predicted molar refractivity (Wildman–Crippen MR) is 92.8 cm³/mol. The van der Waals surface area contributed by atoms with Crippen LogP contribution >= 0.6 is 0 Å². The third-order valence-electron chi connectivity index (χ3n) is 4.39. The fourth-order valence-electron chi connectivity index (χ4n) is 3.02. The number of nitrogens with two attached hydrogens (primary N) is 1. The number of nitriles is 1. The summed E-state index contributed by atoms with van der Waals surface area (Å²) in [4.78, 5) is 24.3. The van der Waals surface area contributed by atoms with Crippen molar-refractivity contribution < 1.29 is 14.7 Å². The van der Waals surface area contributed by atoms with Crippen LogP contribution in [0.15, 0.2) is 36.5 Å². The molecule has 2 amide bonds. The SMILES string of the molecule is N#C[C@@H]1CCN(C(=O)O)C[C@H]1n1cc(C(N)=O)c(Nc2ccccc2)n1. The Bertz CT molecular complexity index is 857. The number of hydrogen-bond acceptors (Lipinski definition) is 5. The summed E-state index contributed by atoms with van der Waals surface area (Å²) in [6.45, 7) is 0.418. The number of carbonyl (C=O) groups is 2. The van der Waals surface area contributed by atoms with Crippen molar-refractivity contribution in [1.29, 1.82) is 5.26 Å². The van der Waals surface area contributed by atoms with Gasteiger partial charge in [0.15, 0.2) is 5.82 Å². The van der Waals surface area contributed by atoms with Crippen molar-refractivity contribution >= 4 is 23.5 Å². The molecule has 1 aliphatic heterocycles. The lowest BCUT2D eigenvalue weighted by molar-refractivity contribution is 0.0996. The van der Waals surface area contributed by atoms with E-state index in [2.05, 4.69) is 16.5 Å². The van der Waals surface area contributed by atoms with E-state index in [9.17, 15) is 20.0 Å². The highest BCUT2D eigenvalue weighted by molar-refractivity contribution is 5.98. The van der Waals surface area contributed by atoms with Gasteiger partial charge >= 0.3 is 6.09 Å². The van der Waals surface area contributed by atoms with E-state index in [0.717, 1.165) is 5.69 Å². The minimum absolute atomic E-state index is 0.123. The van der Waals surface area contributed by atoms with Crippen LogP contribution in [0.2, 0.25) is 0 Å². The van der Waals surface area contributed by atoms with E-state index in [1.807, 2.05) is 30.3 Å². The fraction of sp³-hybridized carbons (Fsp3) is 0.294. The number of aromatic nitrogens is 2. The quantitative estimate of drug-likeness (QED) is 0.765. The average Bonchev–Trinajstić information content (AvgIpc) is 3.06. The molecule has 4 N–H and O–H groups in total. The second-order valence-corrected chi connectivity index (χ2v) is 6.05. The Morgan fingerprint density at radius 3 is 2.69 bits per heavy atom. The summed E-state index contributed by atoms with van der Waals surface area (Å²) in [7, 11) is 0. The molecule has 1 aromatic heterocycles. The highest BCUT2D eigenvalue weighted by Gasteiger charge is 2.34. The van der Waals surface area contributed by atoms with Crippen LogP contribution < -0.4 is 11.1 Å². The number of piperidine rings is 1. The number of carbonyl (C=O) groups excluding carboxylic acids is 1. The zero-order valence-electron chi connectivity index (χ0n) is 13.9. The van der Waals surface area contributed by atoms with Gasteiger partial charge in [0, 0.05) is 25.0 Å². The van der Waals surface area contributed by atoms with Crippen LogP contribution in [-0.2, 0) is 0 Å². The van der Waals surface area contributed by atoms with Crippen LogP contribution in [0.25, 0.3) is 0 Å². The van der Waals surface area contributed by atoms with E-state index in [1.54, 1.807) is 0 Å². The first-order valence-electron chi connectivity index (χ1n) is 8.08. The normalized spacial score (nSPS) is 19.6. The number of carboxylic acid groups (broad SMARTS) is 1. The predicted octanol–water partition coefficient (Wildman–Crippen LogP) is 1.79. The molecule has 0 bridgehead atoms. The average molecular weight is 354 g/mol. The van der Waals surface area contributed by atoms with Crippen LogP contribution in [0, 0.1) is 17.2 Å². The van der Waals surface area contributed by atoms with Crippen molar-refractivity contribution in [3.05, 3.63) is 42.1 Å². The first kappa shape index (κ1) is 17.3. The molecule has 9 nitrogen and oxygen atoms in total. The van der Waals surface area contributed by atoms with Crippen molar-refractivity contribution in [2.75, 3.05) is 18.4 Å². The lowest BCUT2D eigenvalue weighted by atomic mass is 9.93. The zero-order valence-corrected chi connectivity index (χ0v) is 13.9. The molecule has 1 saturated heterocycles. The fourth-order valence-corrected chi connectivity index (χ4v) is 3.02. The molecule has 1 aliphatic rings. The highest BCUT2D eigenvalue weighted by Crippen LogP contribution is 2.29. The summed E-state index contributed by atoms with van der Waals surface area (Å²) in [5.74, 6) is -0.794. The van der Waals surface area contributed by atoms with Crippen molar-refractivity contribution in [3.8, 4) is 6.07 Å². The van der Waals surface area contributed by atoms with Gasteiger partial charge in [-0.1, -0.05) is 18.2 Å². The molecule has 0 radical (unpaired) electrons. The Balaban J connectivity index is 1.94. The van der Waals surface area contributed by atoms with E-state index < -0.39 is 24.0 Å². The molecule has 9 heteroatoms. The van der Waals surface area contributed by atoms with Gasteiger partial charge in [0.1, 0.15) is 5.56 Å². The molecule has 0 unspecified atom stereocenters. The topological polar surface area (TPSA) is 137 Å². The summed E-state index contributed by atoms with van der Waals surface area (Å²) < 4.78 is 1.47. The number of hydrogen-bond donors (Lipinski definition) is 3. The van der Waals surface area contributed by atoms with E-state index in [4.69, 9.17) is 5.73 Å². The van der Waals surface area contributed by atoms with E-state index in [-0.39, 0.29) is 17.9 Å². The highest BCUT2D eigenvalue weighted by atomic mass is 16.4. The van der Waals surface area contributed by atoms with Crippen LogP contribution in [0.1, 0.15) is 22.8 Å². The van der Waals surface area contributed by atoms with Gasteiger partial charge in [-0.2, -0.15) is 10.4 Å². The number of nitrogens with one attached hydrogen (secondary N) is 1. The molecule has 0 spiro atoms. The summed E-state index contributed by atoms with van der Waals surface area (Å²) in [6.07, 6.45) is 0.825. The minimum Gasteiger partial charge on any atom is -0.465 e. The number of benzene rings is 1. The van der Waals surface area contributed by atoms with Crippen molar-refractivity contribution in [2.45, 2.75) is 12.5 Å². The largest absolute Gasteiger partial charge is 0.465 e. The summed E-state index contributed by atoms with van der Waals surface area (Å²) in [6, 6.07) is 10.9. The van der Waals surface area contributed by atoms with Gasteiger partial charge in [0.05, 0.1) is 18.0 Å². The molecule has 0 aliphatic carbocycles.